The second kappa shape index (κ2) is 4.51. The number of hydrogen-bond acceptors (Lipinski definition) is 5. The summed E-state index contributed by atoms with van der Waals surface area (Å²) in [6.45, 7) is 0.477. The Kier molecular flexibility index (Phi) is 2.83. The van der Waals surface area contributed by atoms with Crippen LogP contribution in [0.1, 0.15) is 16.5 Å². The van der Waals surface area contributed by atoms with Gasteiger partial charge in [-0.3, -0.25) is 4.79 Å². The first kappa shape index (κ1) is 11.9. The topological polar surface area (TPSA) is 86.3 Å². The number of aromatic amines is 1. The van der Waals surface area contributed by atoms with Crippen LogP contribution in [0.2, 0.25) is 0 Å². The molecule has 98 valence electrons. The van der Waals surface area contributed by atoms with Crippen LogP contribution >= 0.6 is 11.3 Å². The second-order valence-corrected chi connectivity index (χ2v) is 5.23. The van der Waals surface area contributed by atoms with E-state index in [1.54, 1.807) is 16.2 Å². The average Bonchev–Trinajstić information content (AvgIpc) is 2.86. The molecule has 19 heavy (non-hydrogen) atoms. The molecule has 7 heteroatoms. The molecular formula is C12H11N3O3S. The number of aromatic nitrogens is 2. The third kappa shape index (κ3) is 1.91. The molecule has 2 N–H and O–H groups in total. The van der Waals surface area contributed by atoms with E-state index in [2.05, 4.69) is 9.97 Å². The first-order valence-corrected chi connectivity index (χ1v) is 6.66. The van der Waals surface area contributed by atoms with Gasteiger partial charge in [0, 0.05) is 23.8 Å². The highest BCUT2D eigenvalue weighted by Gasteiger charge is 2.35. The minimum atomic E-state index is -0.968. The maximum Gasteiger partial charge on any atom is 0.331 e. The standard InChI is InChI=1S/C12H11N3O3S/c16-11-10(13-3-4-14-11)15-5-1-8-7(2-6-19-8)9(15)12(17)18/h2-4,6,9H,1,5H2,(H,14,16)(H,17,18). The lowest BCUT2D eigenvalue weighted by Gasteiger charge is -2.33. The molecule has 0 saturated carbocycles. The molecule has 2 aromatic rings. The van der Waals surface area contributed by atoms with Crippen LogP contribution < -0.4 is 10.5 Å². The Morgan fingerprint density at radius 3 is 3.16 bits per heavy atom. The van der Waals surface area contributed by atoms with Gasteiger partial charge in [0.1, 0.15) is 0 Å². The highest BCUT2D eigenvalue weighted by Crippen LogP contribution is 2.34. The third-order valence-electron chi connectivity index (χ3n) is 3.16. The largest absolute Gasteiger partial charge is 0.479 e. The minimum absolute atomic E-state index is 0.159. The van der Waals surface area contributed by atoms with E-state index in [1.165, 1.54) is 12.4 Å². The summed E-state index contributed by atoms with van der Waals surface area (Å²) in [5.41, 5.74) is 0.390. The zero-order valence-electron chi connectivity index (χ0n) is 9.87. The first-order valence-electron chi connectivity index (χ1n) is 5.78. The van der Waals surface area contributed by atoms with Gasteiger partial charge in [0.15, 0.2) is 11.9 Å². The van der Waals surface area contributed by atoms with E-state index >= 15 is 0 Å². The number of rotatable bonds is 2. The Labute approximate surface area is 112 Å². The van der Waals surface area contributed by atoms with E-state index in [1.807, 2.05) is 11.4 Å². The summed E-state index contributed by atoms with van der Waals surface area (Å²) in [5, 5.41) is 11.3. The van der Waals surface area contributed by atoms with Gasteiger partial charge in [0.05, 0.1) is 0 Å². The monoisotopic (exact) mass is 277 g/mol. The molecule has 0 spiro atoms. The number of nitrogens with one attached hydrogen (secondary N) is 1. The maximum absolute atomic E-state index is 11.8. The van der Waals surface area contributed by atoms with Crippen molar-refractivity contribution in [2.45, 2.75) is 12.5 Å². The summed E-state index contributed by atoms with van der Waals surface area (Å²) in [7, 11) is 0. The fourth-order valence-corrected chi connectivity index (χ4v) is 3.26. The van der Waals surface area contributed by atoms with Crippen molar-refractivity contribution in [2.24, 2.45) is 0 Å². The number of anilines is 1. The van der Waals surface area contributed by atoms with Crippen molar-refractivity contribution >= 4 is 23.1 Å². The van der Waals surface area contributed by atoms with Gasteiger partial charge in [0.2, 0.25) is 0 Å². The Bertz CT molecular complexity index is 679. The van der Waals surface area contributed by atoms with E-state index in [0.717, 1.165) is 16.9 Å². The summed E-state index contributed by atoms with van der Waals surface area (Å²) in [4.78, 5) is 32.5. The lowest BCUT2D eigenvalue weighted by Crippen LogP contribution is -2.42. The number of fused-ring (bicyclic) bond motifs is 1. The maximum atomic E-state index is 11.8. The average molecular weight is 277 g/mol. The van der Waals surface area contributed by atoms with Crippen LogP contribution in [-0.2, 0) is 11.2 Å². The number of hydrogen-bond donors (Lipinski definition) is 2. The summed E-state index contributed by atoms with van der Waals surface area (Å²) in [6.07, 6.45) is 3.62. The predicted molar refractivity (Wildman–Crippen MR) is 70.6 cm³/mol. The van der Waals surface area contributed by atoms with Crippen molar-refractivity contribution in [3.8, 4) is 0 Å². The van der Waals surface area contributed by atoms with Crippen molar-refractivity contribution in [1.29, 1.82) is 0 Å². The van der Waals surface area contributed by atoms with E-state index < -0.39 is 12.0 Å². The Balaban J connectivity index is 2.10. The molecular weight excluding hydrogens is 266 g/mol. The van der Waals surface area contributed by atoms with Gasteiger partial charge in [-0.15, -0.1) is 11.3 Å². The van der Waals surface area contributed by atoms with Gasteiger partial charge in [-0.1, -0.05) is 0 Å². The zero-order valence-corrected chi connectivity index (χ0v) is 10.7. The number of carboxylic acids is 1. The SMILES string of the molecule is O=C(O)C1c2ccsc2CCN1c1ncc[nH]c1=O. The van der Waals surface area contributed by atoms with E-state index in [4.69, 9.17) is 0 Å². The number of thiophene rings is 1. The van der Waals surface area contributed by atoms with Gasteiger partial charge in [-0.25, -0.2) is 9.78 Å². The summed E-state index contributed by atoms with van der Waals surface area (Å²) in [5.74, 6) is -0.809. The van der Waals surface area contributed by atoms with E-state index in [9.17, 15) is 14.7 Å². The Morgan fingerprint density at radius 2 is 2.42 bits per heavy atom. The van der Waals surface area contributed by atoms with Crippen LogP contribution in [0, 0.1) is 0 Å². The van der Waals surface area contributed by atoms with Crippen molar-refractivity contribution < 1.29 is 9.90 Å². The Morgan fingerprint density at radius 1 is 1.58 bits per heavy atom. The van der Waals surface area contributed by atoms with Crippen LogP contribution in [0.15, 0.2) is 28.6 Å². The van der Waals surface area contributed by atoms with Crippen LogP contribution in [0.3, 0.4) is 0 Å². The van der Waals surface area contributed by atoms with Crippen molar-refractivity contribution in [3.05, 3.63) is 44.6 Å². The molecule has 0 saturated heterocycles. The van der Waals surface area contributed by atoms with Gasteiger partial charge >= 0.3 is 5.97 Å². The molecule has 3 rings (SSSR count). The fourth-order valence-electron chi connectivity index (χ4n) is 2.36. The normalized spacial score (nSPS) is 18.1. The molecule has 0 radical (unpaired) electrons. The lowest BCUT2D eigenvalue weighted by atomic mass is 10.0. The van der Waals surface area contributed by atoms with E-state index in [-0.39, 0.29) is 11.4 Å². The number of nitrogens with zero attached hydrogens (tertiary/aromatic N) is 2. The van der Waals surface area contributed by atoms with Crippen LogP contribution in [0.4, 0.5) is 5.82 Å². The number of carbonyl (C=O) groups is 1. The lowest BCUT2D eigenvalue weighted by molar-refractivity contribution is -0.138. The smallest absolute Gasteiger partial charge is 0.331 e. The molecule has 2 aromatic heterocycles. The van der Waals surface area contributed by atoms with Crippen molar-refractivity contribution in [2.75, 3.05) is 11.4 Å². The number of aliphatic carboxylic acids is 1. The van der Waals surface area contributed by atoms with Crippen LogP contribution in [0.5, 0.6) is 0 Å². The molecule has 0 fully saturated rings. The summed E-state index contributed by atoms with van der Waals surface area (Å²) < 4.78 is 0. The van der Waals surface area contributed by atoms with Crippen molar-refractivity contribution in [1.82, 2.24) is 9.97 Å². The second-order valence-electron chi connectivity index (χ2n) is 4.23. The quantitative estimate of drug-likeness (QED) is 0.856. The number of carboxylic acid groups (broad SMARTS) is 1. The van der Waals surface area contributed by atoms with Gasteiger partial charge < -0.3 is 15.0 Å². The van der Waals surface area contributed by atoms with Gasteiger partial charge in [-0.2, -0.15) is 0 Å². The minimum Gasteiger partial charge on any atom is -0.479 e. The molecule has 0 aromatic carbocycles. The van der Waals surface area contributed by atoms with E-state index in [0.29, 0.717) is 6.54 Å². The fraction of sp³-hybridized carbons (Fsp3) is 0.250. The predicted octanol–water partition coefficient (Wildman–Crippen LogP) is 1.02. The first-order chi connectivity index (χ1) is 9.18. The summed E-state index contributed by atoms with van der Waals surface area (Å²) >= 11 is 1.55. The van der Waals surface area contributed by atoms with Crippen molar-refractivity contribution in [3.63, 3.8) is 0 Å². The molecule has 1 unspecified atom stereocenters. The molecule has 1 aliphatic rings. The van der Waals surface area contributed by atoms with Crippen LogP contribution in [-0.4, -0.2) is 27.6 Å². The molecule has 3 heterocycles. The van der Waals surface area contributed by atoms with Gasteiger partial charge in [-0.05, 0) is 23.4 Å². The summed E-state index contributed by atoms with van der Waals surface area (Å²) in [6, 6.07) is 0.966. The highest BCUT2D eigenvalue weighted by atomic mass is 32.1. The molecule has 0 amide bonds. The van der Waals surface area contributed by atoms with Gasteiger partial charge in [0.25, 0.3) is 5.56 Å². The molecule has 0 bridgehead atoms. The van der Waals surface area contributed by atoms with Crippen LogP contribution in [0.25, 0.3) is 0 Å². The third-order valence-corrected chi connectivity index (χ3v) is 4.16. The molecule has 1 atom stereocenters. The number of H-pyrrole nitrogens is 1. The zero-order chi connectivity index (χ0) is 13.4. The molecule has 1 aliphatic heterocycles. The molecule has 6 nitrogen and oxygen atoms in total. The molecule has 0 aliphatic carbocycles. The Hall–Kier alpha value is -2.15. The highest BCUT2D eigenvalue weighted by molar-refractivity contribution is 7.10.